The lowest BCUT2D eigenvalue weighted by atomic mass is 10.2. The van der Waals surface area contributed by atoms with Gasteiger partial charge in [-0.15, -0.1) is 0 Å². The summed E-state index contributed by atoms with van der Waals surface area (Å²) in [6.07, 6.45) is 1.39. The molecule has 0 aliphatic heterocycles. The van der Waals surface area contributed by atoms with Gasteiger partial charge in [0.2, 0.25) is 5.88 Å². The van der Waals surface area contributed by atoms with Gasteiger partial charge in [-0.2, -0.15) is 5.10 Å². The molecule has 0 saturated heterocycles. The zero-order chi connectivity index (χ0) is 23.8. The molecule has 2 aromatic heterocycles. The molecule has 10 heteroatoms. The van der Waals surface area contributed by atoms with E-state index in [0.29, 0.717) is 28.7 Å². The van der Waals surface area contributed by atoms with Crippen molar-refractivity contribution in [1.29, 1.82) is 0 Å². The number of anilines is 1. The summed E-state index contributed by atoms with van der Waals surface area (Å²) in [4.78, 5) is 8.42. The Morgan fingerprint density at radius 1 is 0.970 bits per heavy atom. The van der Waals surface area contributed by atoms with Gasteiger partial charge in [-0.1, -0.05) is 0 Å². The highest BCUT2D eigenvalue weighted by molar-refractivity contribution is 7.92. The van der Waals surface area contributed by atoms with Crippen molar-refractivity contribution in [2.75, 3.05) is 4.72 Å². The first-order valence-electron chi connectivity index (χ1n) is 10.1. The van der Waals surface area contributed by atoms with Gasteiger partial charge >= 0.3 is 0 Å². The van der Waals surface area contributed by atoms with Gasteiger partial charge in [0.25, 0.3) is 10.0 Å². The van der Waals surface area contributed by atoms with E-state index in [1.807, 2.05) is 20.8 Å². The molecule has 8 nitrogen and oxygen atoms in total. The van der Waals surface area contributed by atoms with Crippen molar-refractivity contribution in [2.24, 2.45) is 0 Å². The highest BCUT2D eigenvalue weighted by Gasteiger charge is 2.17. The van der Waals surface area contributed by atoms with Crippen LogP contribution in [0.1, 0.15) is 22.5 Å². The van der Waals surface area contributed by atoms with Crippen LogP contribution >= 0.6 is 0 Å². The van der Waals surface area contributed by atoms with E-state index in [-0.39, 0.29) is 4.90 Å². The Bertz CT molecular complexity index is 1430. The summed E-state index contributed by atoms with van der Waals surface area (Å²) >= 11 is 0. The molecule has 0 atom stereocenters. The lowest BCUT2D eigenvalue weighted by Gasteiger charge is -2.11. The Hall–Kier alpha value is -3.79. The number of sulfonamides is 1. The van der Waals surface area contributed by atoms with E-state index < -0.39 is 15.8 Å². The lowest BCUT2D eigenvalue weighted by Crippen LogP contribution is -2.14. The van der Waals surface area contributed by atoms with Gasteiger partial charge in [0, 0.05) is 17.4 Å². The third-order valence-electron chi connectivity index (χ3n) is 5.25. The number of aromatic nitrogens is 4. The maximum Gasteiger partial charge on any atom is 0.262 e. The number of nitrogens with zero attached hydrogens (tertiary/aromatic N) is 4. The van der Waals surface area contributed by atoms with Crippen LogP contribution in [0.5, 0.6) is 11.6 Å². The minimum atomic E-state index is -3.86. The zero-order valence-electron chi connectivity index (χ0n) is 18.5. The van der Waals surface area contributed by atoms with Gasteiger partial charge in [0.05, 0.1) is 10.6 Å². The van der Waals surface area contributed by atoms with E-state index in [0.717, 1.165) is 23.0 Å². The number of nitrogens with one attached hydrogen (secondary N) is 1. The van der Waals surface area contributed by atoms with Crippen molar-refractivity contribution in [3.05, 3.63) is 83.2 Å². The van der Waals surface area contributed by atoms with Gasteiger partial charge < -0.3 is 4.74 Å². The topological polar surface area (TPSA) is 99.0 Å². The Labute approximate surface area is 191 Å². The summed E-state index contributed by atoms with van der Waals surface area (Å²) in [5.74, 6) is 0.868. The molecule has 4 rings (SSSR count). The number of aryl methyl sites for hydroxylation is 2. The van der Waals surface area contributed by atoms with Crippen LogP contribution in [0.3, 0.4) is 0 Å². The molecule has 33 heavy (non-hydrogen) atoms. The number of rotatable bonds is 6. The maximum absolute atomic E-state index is 13.3. The minimum absolute atomic E-state index is 0.0112. The van der Waals surface area contributed by atoms with Crippen LogP contribution in [-0.2, 0) is 10.0 Å². The fourth-order valence-corrected chi connectivity index (χ4v) is 4.57. The quantitative estimate of drug-likeness (QED) is 0.444. The molecule has 2 heterocycles. The standard InChI is InChI=1S/C23H22FN5O3S/c1-14-11-18(24)5-10-21(14)33(30,31)28-19-6-8-20(9-7-19)32-23-12-22(25-13-26-23)29-17(4)15(2)16(3)27-29/h5-13,28H,1-4H3. The van der Waals surface area contributed by atoms with Crippen molar-refractivity contribution in [3.63, 3.8) is 0 Å². The fraction of sp³-hybridized carbons (Fsp3) is 0.174. The summed E-state index contributed by atoms with van der Waals surface area (Å²) in [5, 5.41) is 4.49. The second-order valence-electron chi connectivity index (χ2n) is 7.56. The smallest absolute Gasteiger partial charge is 0.262 e. The highest BCUT2D eigenvalue weighted by Crippen LogP contribution is 2.25. The number of benzene rings is 2. The van der Waals surface area contributed by atoms with Crippen LogP contribution in [-0.4, -0.2) is 28.2 Å². The molecule has 4 aromatic rings. The molecule has 0 amide bonds. The van der Waals surface area contributed by atoms with Crippen LogP contribution in [0.15, 0.2) is 59.8 Å². The molecule has 0 saturated carbocycles. The van der Waals surface area contributed by atoms with E-state index in [1.165, 1.54) is 25.4 Å². The SMILES string of the molecule is Cc1cc(F)ccc1S(=O)(=O)Nc1ccc(Oc2cc(-n3nc(C)c(C)c3C)ncn2)cc1. The van der Waals surface area contributed by atoms with Crippen molar-refractivity contribution in [3.8, 4) is 17.4 Å². The third kappa shape index (κ3) is 4.70. The van der Waals surface area contributed by atoms with Crippen molar-refractivity contribution in [2.45, 2.75) is 32.6 Å². The Morgan fingerprint density at radius 2 is 1.70 bits per heavy atom. The third-order valence-corrected chi connectivity index (χ3v) is 6.79. The molecular formula is C23H22FN5O3S. The average molecular weight is 468 g/mol. The average Bonchev–Trinajstić information content (AvgIpc) is 3.02. The molecule has 1 N–H and O–H groups in total. The highest BCUT2D eigenvalue weighted by atomic mass is 32.2. The first-order chi connectivity index (χ1) is 15.6. The summed E-state index contributed by atoms with van der Waals surface area (Å²) in [6.45, 7) is 7.44. The molecular weight excluding hydrogens is 445 g/mol. The molecule has 2 aromatic carbocycles. The molecule has 0 spiro atoms. The summed E-state index contributed by atoms with van der Waals surface area (Å²) in [7, 11) is -3.86. The summed E-state index contributed by atoms with van der Waals surface area (Å²) < 4.78 is 48.6. The second kappa shape index (κ2) is 8.62. The van der Waals surface area contributed by atoms with Crippen LogP contribution in [0, 0.1) is 33.5 Å². The Kier molecular flexibility index (Phi) is 5.86. The largest absolute Gasteiger partial charge is 0.439 e. The Balaban J connectivity index is 1.51. The normalized spacial score (nSPS) is 11.4. The first-order valence-corrected chi connectivity index (χ1v) is 11.5. The van der Waals surface area contributed by atoms with Crippen LogP contribution < -0.4 is 9.46 Å². The first kappa shape index (κ1) is 22.4. The Morgan fingerprint density at radius 3 is 2.33 bits per heavy atom. The molecule has 0 bridgehead atoms. The van der Waals surface area contributed by atoms with E-state index >= 15 is 0 Å². The van der Waals surface area contributed by atoms with E-state index in [4.69, 9.17) is 4.74 Å². The number of hydrogen-bond donors (Lipinski definition) is 1. The van der Waals surface area contributed by atoms with Crippen LogP contribution in [0.4, 0.5) is 10.1 Å². The van der Waals surface area contributed by atoms with E-state index in [1.54, 1.807) is 35.0 Å². The number of ether oxygens (including phenoxy) is 1. The van der Waals surface area contributed by atoms with Crippen LogP contribution in [0.2, 0.25) is 0 Å². The molecule has 0 aliphatic carbocycles. The molecule has 0 aliphatic rings. The molecule has 0 radical (unpaired) electrons. The van der Waals surface area contributed by atoms with Gasteiger partial charge in [0.1, 0.15) is 17.9 Å². The van der Waals surface area contributed by atoms with E-state index in [9.17, 15) is 12.8 Å². The predicted octanol–water partition coefficient (Wildman–Crippen LogP) is 4.63. The maximum atomic E-state index is 13.3. The fourth-order valence-electron chi connectivity index (χ4n) is 3.28. The van der Waals surface area contributed by atoms with Gasteiger partial charge in [-0.05, 0) is 81.3 Å². The number of halogens is 1. The predicted molar refractivity (Wildman–Crippen MR) is 122 cm³/mol. The van der Waals surface area contributed by atoms with Gasteiger partial charge in [-0.3, -0.25) is 4.72 Å². The monoisotopic (exact) mass is 467 g/mol. The minimum Gasteiger partial charge on any atom is -0.439 e. The summed E-state index contributed by atoms with van der Waals surface area (Å²) in [6, 6.07) is 11.6. The second-order valence-corrected chi connectivity index (χ2v) is 9.21. The number of hydrogen-bond acceptors (Lipinski definition) is 6. The van der Waals surface area contributed by atoms with Crippen molar-refractivity contribution < 1.29 is 17.5 Å². The molecule has 170 valence electrons. The lowest BCUT2D eigenvalue weighted by molar-refractivity contribution is 0.460. The van der Waals surface area contributed by atoms with E-state index in [2.05, 4.69) is 19.8 Å². The van der Waals surface area contributed by atoms with Gasteiger partial charge in [-0.25, -0.2) is 27.5 Å². The van der Waals surface area contributed by atoms with Crippen LogP contribution in [0.25, 0.3) is 5.82 Å². The zero-order valence-corrected chi connectivity index (χ0v) is 19.3. The summed E-state index contributed by atoms with van der Waals surface area (Å²) in [5.41, 5.74) is 3.64. The molecule has 0 fully saturated rings. The van der Waals surface area contributed by atoms with Crippen molar-refractivity contribution in [1.82, 2.24) is 19.7 Å². The molecule has 0 unspecified atom stereocenters. The van der Waals surface area contributed by atoms with Gasteiger partial charge in [0.15, 0.2) is 5.82 Å². The van der Waals surface area contributed by atoms with Crippen molar-refractivity contribution >= 4 is 15.7 Å².